The van der Waals surface area contributed by atoms with Crippen LogP contribution in [0.1, 0.15) is 38.4 Å². The normalized spacial score (nSPS) is 11.5. The summed E-state index contributed by atoms with van der Waals surface area (Å²) in [7, 11) is -0.699. The van der Waals surface area contributed by atoms with Crippen LogP contribution in [-0.2, 0) is 21.4 Å². The number of benzene rings is 3. The van der Waals surface area contributed by atoms with E-state index in [4.69, 9.17) is 0 Å². The lowest BCUT2D eigenvalue weighted by Crippen LogP contribution is -2.25. The zero-order chi connectivity index (χ0) is 30.6. The van der Waals surface area contributed by atoms with Gasteiger partial charge in [-0.25, -0.2) is 12.7 Å². The van der Waals surface area contributed by atoms with Crippen molar-refractivity contribution in [1.29, 1.82) is 0 Å². The van der Waals surface area contributed by atoms with E-state index in [0.29, 0.717) is 16.5 Å². The highest BCUT2D eigenvalue weighted by atomic mass is 32.2. The van der Waals surface area contributed by atoms with Crippen molar-refractivity contribution >= 4 is 39.3 Å². The van der Waals surface area contributed by atoms with E-state index in [1.807, 2.05) is 68.7 Å². The summed E-state index contributed by atoms with van der Waals surface area (Å²) >= 11 is 1.26. The molecule has 2 N–H and O–H groups in total. The van der Waals surface area contributed by atoms with E-state index >= 15 is 0 Å². The predicted octanol–water partition coefficient (Wildman–Crippen LogP) is 4.41. The van der Waals surface area contributed by atoms with Crippen molar-refractivity contribution in [2.24, 2.45) is 0 Å². The van der Waals surface area contributed by atoms with Gasteiger partial charge in [0.25, 0.3) is 5.91 Å². The van der Waals surface area contributed by atoms with E-state index in [2.05, 4.69) is 20.8 Å². The third kappa shape index (κ3) is 7.07. The maximum atomic E-state index is 12.9. The number of aryl methyl sites for hydroxylation is 4. The third-order valence-corrected chi connectivity index (χ3v) is 9.37. The fourth-order valence-corrected chi connectivity index (χ4v) is 5.81. The summed E-state index contributed by atoms with van der Waals surface area (Å²) in [6.07, 6.45) is 0. The van der Waals surface area contributed by atoms with Crippen molar-refractivity contribution in [2.45, 2.75) is 44.3 Å². The maximum absolute atomic E-state index is 12.9. The van der Waals surface area contributed by atoms with Gasteiger partial charge in [0.2, 0.25) is 15.9 Å². The Hall–Kier alpha value is -4.00. The quantitative estimate of drug-likeness (QED) is 0.256. The molecule has 0 unspecified atom stereocenters. The van der Waals surface area contributed by atoms with Gasteiger partial charge in [0.1, 0.15) is 0 Å². The largest absolute Gasteiger partial charge is 0.345 e. The molecule has 1 heterocycles. The molecule has 0 aliphatic heterocycles. The molecule has 0 bridgehead atoms. The van der Waals surface area contributed by atoms with Gasteiger partial charge in [-0.2, -0.15) is 0 Å². The fraction of sp³-hybridized carbons (Fsp3) is 0.267. The lowest BCUT2D eigenvalue weighted by atomic mass is 10.1. The number of carbonyl (C=O) groups excluding carboxylic acids is 2. The van der Waals surface area contributed by atoms with Crippen molar-refractivity contribution in [1.82, 2.24) is 24.4 Å². The second kappa shape index (κ2) is 12.9. The molecule has 2 amide bonds. The first kappa shape index (κ1) is 30.9. The minimum atomic E-state index is -3.60. The molecular weight excluding hydrogens is 573 g/mol. The molecule has 3 aromatic carbocycles. The van der Waals surface area contributed by atoms with Crippen LogP contribution < -0.4 is 10.6 Å². The molecule has 220 valence electrons. The van der Waals surface area contributed by atoms with Crippen LogP contribution in [0.2, 0.25) is 0 Å². The SMILES string of the molecule is Cc1ccc(C)c(NC(=O)CSc2nnc(CNC(=O)c3ccc(S(=O)(=O)N(C)C)cc3)n2-c2cc(C)ccc2C)c1. The zero-order valence-corrected chi connectivity index (χ0v) is 26.1. The number of hydrogen-bond donors (Lipinski definition) is 2. The van der Waals surface area contributed by atoms with E-state index in [-0.39, 0.29) is 29.0 Å². The number of nitrogens with one attached hydrogen (secondary N) is 2. The van der Waals surface area contributed by atoms with Crippen LogP contribution in [0.5, 0.6) is 0 Å². The highest BCUT2D eigenvalue weighted by molar-refractivity contribution is 7.99. The molecule has 4 aromatic rings. The highest BCUT2D eigenvalue weighted by Gasteiger charge is 2.20. The van der Waals surface area contributed by atoms with E-state index in [1.165, 1.54) is 50.1 Å². The molecule has 0 atom stereocenters. The Kier molecular flexibility index (Phi) is 9.50. The molecule has 10 nitrogen and oxygen atoms in total. The van der Waals surface area contributed by atoms with Gasteiger partial charge < -0.3 is 10.6 Å². The standard InChI is InChI=1S/C30H34N6O4S2/c1-19-7-9-21(3)25(15-19)32-28(37)18-41-30-34-33-27(36(30)26-16-20(2)8-10-22(26)4)17-31-29(38)23-11-13-24(14-12-23)42(39,40)35(5)6/h7-16H,17-18H2,1-6H3,(H,31,38)(H,32,37). The van der Waals surface area contributed by atoms with Crippen LogP contribution >= 0.6 is 11.8 Å². The van der Waals surface area contributed by atoms with Crippen molar-refractivity contribution < 1.29 is 18.0 Å². The molecule has 1 aromatic heterocycles. The molecule has 12 heteroatoms. The van der Waals surface area contributed by atoms with Crippen molar-refractivity contribution in [3.8, 4) is 5.69 Å². The van der Waals surface area contributed by atoms with Crippen LogP contribution in [0.4, 0.5) is 5.69 Å². The number of hydrogen-bond acceptors (Lipinski definition) is 7. The van der Waals surface area contributed by atoms with Crippen molar-refractivity contribution in [3.63, 3.8) is 0 Å². The summed E-state index contributed by atoms with van der Waals surface area (Å²) in [4.78, 5) is 25.9. The van der Waals surface area contributed by atoms with Crippen molar-refractivity contribution in [3.05, 3.63) is 94.3 Å². The van der Waals surface area contributed by atoms with Gasteiger partial charge in [-0.1, -0.05) is 36.0 Å². The highest BCUT2D eigenvalue weighted by Crippen LogP contribution is 2.26. The van der Waals surface area contributed by atoms with E-state index in [0.717, 1.165) is 37.9 Å². The summed E-state index contributed by atoms with van der Waals surface area (Å²) in [6.45, 7) is 7.94. The summed E-state index contributed by atoms with van der Waals surface area (Å²) < 4.78 is 27.7. The molecule has 4 rings (SSSR count). The van der Waals surface area contributed by atoms with Crippen molar-refractivity contribution in [2.75, 3.05) is 25.2 Å². The minimum Gasteiger partial charge on any atom is -0.345 e. The average molecular weight is 607 g/mol. The smallest absolute Gasteiger partial charge is 0.251 e. The average Bonchev–Trinajstić information content (AvgIpc) is 3.36. The number of sulfonamides is 1. The van der Waals surface area contributed by atoms with Gasteiger partial charge in [0, 0.05) is 25.3 Å². The summed E-state index contributed by atoms with van der Waals surface area (Å²) in [5.41, 5.74) is 5.97. The van der Waals surface area contributed by atoms with Crippen LogP contribution in [0, 0.1) is 27.7 Å². The summed E-state index contributed by atoms with van der Waals surface area (Å²) in [6, 6.07) is 17.7. The Bertz CT molecular complexity index is 1730. The summed E-state index contributed by atoms with van der Waals surface area (Å²) in [5, 5.41) is 15.0. The third-order valence-electron chi connectivity index (χ3n) is 6.61. The first-order chi connectivity index (χ1) is 19.9. The second-order valence-electron chi connectivity index (χ2n) is 10.2. The fourth-order valence-electron chi connectivity index (χ4n) is 4.15. The number of thioether (sulfide) groups is 1. The van der Waals surface area contributed by atoms with Crippen LogP contribution in [0.3, 0.4) is 0 Å². The molecule has 0 saturated carbocycles. The maximum Gasteiger partial charge on any atom is 0.251 e. The Morgan fingerprint density at radius 1 is 0.881 bits per heavy atom. The lowest BCUT2D eigenvalue weighted by Gasteiger charge is -2.15. The van der Waals surface area contributed by atoms with E-state index < -0.39 is 10.0 Å². The van der Waals surface area contributed by atoms with Gasteiger partial charge in [0.15, 0.2) is 11.0 Å². The Labute approximate surface area is 250 Å². The molecule has 0 aliphatic carbocycles. The second-order valence-corrected chi connectivity index (χ2v) is 13.3. The van der Waals surface area contributed by atoms with Gasteiger partial charge in [0.05, 0.1) is 22.9 Å². The summed E-state index contributed by atoms with van der Waals surface area (Å²) in [5.74, 6) is 0.0480. The number of amides is 2. The first-order valence-corrected chi connectivity index (χ1v) is 15.6. The number of anilines is 1. The Balaban J connectivity index is 1.53. The molecule has 0 saturated heterocycles. The minimum absolute atomic E-state index is 0.0617. The van der Waals surface area contributed by atoms with E-state index in [1.54, 1.807) is 0 Å². The Morgan fingerprint density at radius 3 is 2.19 bits per heavy atom. The van der Waals surface area contributed by atoms with Crippen LogP contribution in [-0.4, -0.2) is 59.2 Å². The van der Waals surface area contributed by atoms with E-state index in [9.17, 15) is 18.0 Å². The van der Waals surface area contributed by atoms with Gasteiger partial charge in [-0.15, -0.1) is 10.2 Å². The zero-order valence-electron chi connectivity index (χ0n) is 24.4. The molecule has 0 spiro atoms. The molecule has 0 fully saturated rings. The molecule has 0 aliphatic rings. The molecule has 0 radical (unpaired) electrons. The number of carbonyl (C=O) groups is 2. The number of nitrogens with zero attached hydrogens (tertiary/aromatic N) is 4. The van der Waals surface area contributed by atoms with Crippen LogP contribution in [0.15, 0.2) is 70.7 Å². The monoisotopic (exact) mass is 606 g/mol. The van der Waals surface area contributed by atoms with Gasteiger partial charge in [-0.05, 0) is 86.3 Å². The van der Waals surface area contributed by atoms with Gasteiger partial charge >= 0.3 is 0 Å². The molecular formula is C30H34N6O4S2. The number of aromatic nitrogens is 3. The topological polar surface area (TPSA) is 126 Å². The van der Waals surface area contributed by atoms with Crippen LogP contribution in [0.25, 0.3) is 5.69 Å². The van der Waals surface area contributed by atoms with Gasteiger partial charge in [-0.3, -0.25) is 14.2 Å². The predicted molar refractivity (Wildman–Crippen MR) is 165 cm³/mol. The Morgan fingerprint density at radius 2 is 1.52 bits per heavy atom. The number of rotatable bonds is 10. The first-order valence-electron chi connectivity index (χ1n) is 13.2. The lowest BCUT2D eigenvalue weighted by molar-refractivity contribution is -0.113. The molecule has 42 heavy (non-hydrogen) atoms.